The standard InChI is InChI=1S/C18H19BrN6O3/c1-10-16(13-5-7-14(19)8-6-13)18(23(4)21-10)20-15(26)9-24-12(3)17(25(27)28)11(2)22-24/h5-8H,9H2,1-4H3,(H,20,26). The fraction of sp³-hybridized carbons (Fsp3) is 0.278. The zero-order chi connectivity index (χ0) is 20.6. The number of halogens is 1. The Bertz CT molecular complexity index is 1070. The molecule has 0 radical (unpaired) electrons. The van der Waals surface area contributed by atoms with E-state index < -0.39 is 4.92 Å². The number of aryl methyl sites for hydroxylation is 3. The van der Waals surface area contributed by atoms with Gasteiger partial charge in [0.15, 0.2) is 0 Å². The van der Waals surface area contributed by atoms with E-state index in [1.165, 1.54) is 4.68 Å². The van der Waals surface area contributed by atoms with Crippen molar-refractivity contribution in [1.29, 1.82) is 0 Å². The number of aromatic nitrogens is 4. The first kappa shape index (κ1) is 19.7. The molecule has 9 nitrogen and oxygen atoms in total. The lowest BCUT2D eigenvalue weighted by atomic mass is 10.1. The van der Waals surface area contributed by atoms with Crippen molar-refractivity contribution in [2.24, 2.45) is 7.05 Å². The Balaban J connectivity index is 1.89. The summed E-state index contributed by atoms with van der Waals surface area (Å²) in [7, 11) is 1.75. The molecule has 146 valence electrons. The molecule has 28 heavy (non-hydrogen) atoms. The molecule has 0 spiro atoms. The van der Waals surface area contributed by atoms with Crippen LogP contribution in [0.5, 0.6) is 0 Å². The second-order valence-corrected chi connectivity index (χ2v) is 7.34. The topological polar surface area (TPSA) is 108 Å². The molecule has 0 bridgehead atoms. The lowest BCUT2D eigenvalue weighted by Gasteiger charge is -2.10. The van der Waals surface area contributed by atoms with Crippen molar-refractivity contribution in [2.75, 3.05) is 5.32 Å². The highest BCUT2D eigenvalue weighted by Crippen LogP contribution is 2.32. The SMILES string of the molecule is Cc1nn(C)c(NC(=O)Cn2nc(C)c([N+](=O)[O-])c2C)c1-c1ccc(Br)cc1. The van der Waals surface area contributed by atoms with Gasteiger partial charge in [0.05, 0.1) is 10.6 Å². The van der Waals surface area contributed by atoms with Gasteiger partial charge in [-0.2, -0.15) is 10.2 Å². The summed E-state index contributed by atoms with van der Waals surface area (Å²) >= 11 is 3.41. The molecule has 0 saturated heterocycles. The van der Waals surface area contributed by atoms with Crippen molar-refractivity contribution >= 4 is 33.3 Å². The minimum Gasteiger partial charge on any atom is -0.309 e. The number of carbonyl (C=O) groups excluding carboxylic acids is 1. The van der Waals surface area contributed by atoms with E-state index in [0.717, 1.165) is 21.3 Å². The van der Waals surface area contributed by atoms with Crippen LogP contribution < -0.4 is 5.32 Å². The van der Waals surface area contributed by atoms with E-state index >= 15 is 0 Å². The molecule has 1 N–H and O–H groups in total. The summed E-state index contributed by atoms with van der Waals surface area (Å²) in [6.07, 6.45) is 0. The van der Waals surface area contributed by atoms with E-state index in [1.54, 1.807) is 25.6 Å². The molecule has 2 heterocycles. The Kier molecular flexibility index (Phi) is 5.32. The van der Waals surface area contributed by atoms with Crippen LogP contribution in [-0.2, 0) is 18.4 Å². The van der Waals surface area contributed by atoms with Crippen LogP contribution in [0.1, 0.15) is 17.1 Å². The van der Waals surface area contributed by atoms with Crippen molar-refractivity contribution < 1.29 is 9.72 Å². The monoisotopic (exact) mass is 446 g/mol. The lowest BCUT2D eigenvalue weighted by Crippen LogP contribution is -2.22. The predicted molar refractivity (Wildman–Crippen MR) is 108 cm³/mol. The molecule has 0 aliphatic carbocycles. The van der Waals surface area contributed by atoms with Crippen molar-refractivity contribution in [2.45, 2.75) is 27.3 Å². The maximum Gasteiger partial charge on any atom is 0.312 e. The smallest absolute Gasteiger partial charge is 0.309 e. The van der Waals surface area contributed by atoms with E-state index in [2.05, 4.69) is 31.4 Å². The first-order valence-corrected chi connectivity index (χ1v) is 9.26. The minimum absolute atomic E-state index is 0.0697. The van der Waals surface area contributed by atoms with E-state index in [0.29, 0.717) is 11.5 Å². The van der Waals surface area contributed by atoms with Crippen LogP contribution in [0.2, 0.25) is 0 Å². The third-order valence-electron chi connectivity index (χ3n) is 4.43. The highest BCUT2D eigenvalue weighted by molar-refractivity contribution is 9.10. The molecule has 0 aliphatic rings. The average molecular weight is 447 g/mol. The first-order chi connectivity index (χ1) is 13.2. The van der Waals surface area contributed by atoms with Gasteiger partial charge in [0.25, 0.3) is 0 Å². The van der Waals surface area contributed by atoms with Gasteiger partial charge in [-0.3, -0.25) is 24.3 Å². The molecule has 0 unspecified atom stereocenters. The number of hydrogen-bond acceptors (Lipinski definition) is 5. The molecular formula is C18H19BrN6O3. The molecule has 3 rings (SSSR count). The number of rotatable bonds is 5. The van der Waals surface area contributed by atoms with Gasteiger partial charge in [-0.25, -0.2) is 0 Å². The Morgan fingerprint density at radius 1 is 1.18 bits per heavy atom. The maximum atomic E-state index is 12.6. The Morgan fingerprint density at radius 3 is 2.39 bits per heavy atom. The van der Waals surface area contributed by atoms with Crippen LogP contribution in [0.15, 0.2) is 28.7 Å². The van der Waals surface area contributed by atoms with E-state index in [-0.39, 0.29) is 23.8 Å². The molecule has 1 aromatic carbocycles. The van der Waals surface area contributed by atoms with E-state index in [9.17, 15) is 14.9 Å². The van der Waals surface area contributed by atoms with Gasteiger partial charge in [0.1, 0.15) is 23.8 Å². The van der Waals surface area contributed by atoms with Crippen molar-refractivity contribution in [1.82, 2.24) is 19.6 Å². The number of anilines is 1. The van der Waals surface area contributed by atoms with Gasteiger partial charge < -0.3 is 5.32 Å². The first-order valence-electron chi connectivity index (χ1n) is 8.46. The Hall–Kier alpha value is -3.01. The summed E-state index contributed by atoms with van der Waals surface area (Å²) in [5.41, 5.74) is 3.07. The number of nitro groups is 1. The number of nitrogens with zero attached hydrogens (tertiary/aromatic N) is 5. The van der Waals surface area contributed by atoms with Gasteiger partial charge in [-0.15, -0.1) is 0 Å². The van der Waals surface area contributed by atoms with Crippen LogP contribution in [-0.4, -0.2) is 30.4 Å². The highest BCUT2D eigenvalue weighted by Gasteiger charge is 2.24. The zero-order valence-electron chi connectivity index (χ0n) is 15.9. The molecule has 3 aromatic rings. The summed E-state index contributed by atoms with van der Waals surface area (Å²) in [5.74, 6) is 0.211. The number of hydrogen-bond donors (Lipinski definition) is 1. The van der Waals surface area contributed by atoms with Crippen LogP contribution in [0.4, 0.5) is 11.5 Å². The van der Waals surface area contributed by atoms with Crippen molar-refractivity contribution in [3.05, 3.63) is 55.9 Å². The van der Waals surface area contributed by atoms with Crippen LogP contribution >= 0.6 is 15.9 Å². The maximum absolute atomic E-state index is 12.6. The van der Waals surface area contributed by atoms with Gasteiger partial charge in [-0.05, 0) is 38.5 Å². The van der Waals surface area contributed by atoms with Gasteiger partial charge in [-0.1, -0.05) is 28.1 Å². The van der Waals surface area contributed by atoms with Crippen molar-refractivity contribution in [3.63, 3.8) is 0 Å². The minimum atomic E-state index is -0.484. The van der Waals surface area contributed by atoms with Gasteiger partial charge >= 0.3 is 5.69 Å². The number of benzene rings is 1. The fourth-order valence-corrected chi connectivity index (χ4v) is 3.44. The average Bonchev–Trinajstić information content (AvgIpc) is 3.04. The second kappa shape index (κ2) is 7.55. The number of amides is 1. The molecule has 0 saturated carbocycles. The summed E-state index contributed by atoms with van der Waals surface area (Å²) in [4.78, 5) is 23.3. The van der Waals surface area contributed by atoms with Gasteiger partial charge in [0.2, 0.25) is 5.91 Å². The van der Waals surface area contributed by atoms with Gasteiger partial charge in [0, 0.05) is 17.1 Å². The van der Waals surface area contributed by atoms with Crippen LogP contribution in [0.25, 0.3) is 11.1 Å². The van der Waals surface area contributed by atoms with Crippen LogP contribution in [0.3, 0.4) is 0 Å². The summed E-state index contributed by atoms with van der Waals surface area (Å²) in [5, 5.41) is 22.5. The predicted octanol–water partition coefficient (Wildman–Crippen LogP) is 3.52. The second-order valence-electron chi connectivity index (χ2n) is 6.42. The number of carbonyl (C=O) groups is 1. The molecule has 10 heteroatoms. The Labute approximate surface area is 169 Å². The third kappa shape index (κ3) is 3.68. The quantitative estimate of drug-likeness (QED) is 0.476. The van der Waals surface area contributed by atoms with Crippen LogP contribution in [0, 0.1) is 30.9 Å². The largest absolute Gasteiger partial charge is 0.312 e. The molecule has 0 fully saturated rings. The molecular weight excluding hydrogens is 428 g/mol. The van der Waals surface area contributed by atoms with Crippen molar-refractivity contribution in [3.8, 4) is 11.1 Å². The molecule has 0 atom stereocenters. The molecule has 1 amide bonds. The third-order valence-corrected chi connectivity index (χ3v) is 4.96. The fourth-order valence-electron chi connectivity index (χ4n) is 3.18. The number of nitrogens with one attached hydrogen (secondary N) is 1. The molecule has 2 aromatic heterocycles. The lowest BCUT2D eigenvalue weighted by molar-refractivity contribution is -0.386. The van der Waals surface area contributed by atoms with E-state index in [1.807, 2.05) is 31.2 Å². The summed E-state index contributed by atoms with van der Waals surface area (Å²) in [6, 6.07) is 7.72. The summed E-state index contributed by atoms with van der Waals surface area (Å²) in [6.45, 7) is 4.87. The normalized spacial score (nSPS) is 10.9. The molecule has 0 aliphatic heterocycles. The zero-order valence-corrected chi connectivity index (χ0v) is 17.4. The Morgan fingerprint density at radius 2 is 1.82 bits per heavy atom. The van der Waals surface area contributed by atoms with E-state index in [4.69, 9.17) is 0 Å². The summed E-state index contributed by atoms with van der Waals surface area (Å²) < 4.78 is 3.90. The highest BCUT2D eigenvalue weighted by atomic mass is 79.9.